The summed E-state index contributed by atoms with van der Waals surface area (Å²) in [5.74, 6) is 3.26. The SMILES string of the molecule is CCc1nc([N+]2([O-])CCSCC2)cc2nc(C(C)O)nn12. The second kappa shape index (κ2) is 5.53. The standard InChI is InChI=1S/C13H19N5O2S/c1-3-10-14-12(18(20)4-6-21-7-5-18)8-11-15-13(9(2)19)16-17(10)11/h8-9,19H,3-7H2,1-2H3. The van der Waals surface area contributed by atoms with Crippen molar-refractivity contribution in [1.29, 1.82) is 0 Å². The van der Waals surface area contributed by atoms with E-state index in [9.17, 15) is 10.3 Å². The molecule has 0 aromatic carbocycles. The van der Waals surface area contributed by atoms with Gasteiger partial charge in [-0.1, -0.05) is 6.92 Å². The predicted molar refractivity (Wildman–Crippen MR) is 83.0 cm³/mol. The first-order valence-electron chi connectivity index (χ1n) is 7.14. The third-order valence-electron chi connectivity index (χ3n) is 3.70. The van der Waals surface area contributed by atoms with Gasteiger partial charge in [0.2, 0.25) is 5.82 Å². The molecule has 2 aromatic rings. The number of quaternary nitrogens is 1. The van der Waals surface area contributed by atoms with Gasteiger partial charge in [0, 0.05) is 17.9 Å². The average Bonchev–Trinajstić information content (AvgIpc) is 2.91. The average molecular weight is 309 g/mol. The highest BCUT2D eigenvalue weighted by atomic mass is 32.2. The lowest BCUT2D eigenvalue weighted by Gasteiger charge is -2.43. The number of hydrogen-bond donors (Lipinski definition) is 1. The predicted octanol–water partition coefficient (Wildman–Crippen LogP) is 1.29. The summed E-state index contributed by atoms with van der Waals surface area (Å²) in [6.45, 7) is 4.66. The van der Waals surface area contributed by atoms with Crippen molar-refractivity contribution >= 4 is 23.2 Å². The highest BCUT2D eigenvalue weighted by molar-refractivity contribution is 7.99. The summed E-state index contributed by atoms with van der Waals surface area (Å²) >= 11 is 1.80. The van der Waals surface area contributed by atoms with Gasteiger partial charge in [-0.3, -0.25) is 0 Å². The molecule has 0 spiro atoms. The summed E-state index contributed by atoms with van der Waals surface area (Å²) in [5, 5.41) is 26.8. The van der Waals surface area contributed by atoms with Gasteiger partial charge >= 0.3 is 0 Å². The van der Waals surface area contributed by atoms with Crippen LogP contribution < -0.4 is 4.65 Å². The Kier molecular flexibility index (Phi) is 3.87. The van der Waals surface area contributed by atoms with Crippen molar-refractivity contribution in [2.75, 3.05) is 24.6 Å². The summed E-state index contributed by atoms with van der Waals surface area (Å²) in [6.07, 6.45) is -0.0818. The Hall–Kier alpha value is -1.22. The zero-order chi connectivity index (χ0) is 15.0. The van der Waals surface area contributed by atoms with Gasteiger partial charge in [-0.2, -0.15) is 21.3 Å². The Morgan fingerprint density at radius 3 is 2.76 bits per heavy atom. The smallest absolute Gasteiger partial charge is 0.233 e. The number of hydroxylamine groups is 2. The number of nitrogens with zero attached hydrogens (tertiary/aromatic N) is 5. The molecule has 3 rings (SSSR count). The van der Waals surface area contributed by atoms with E-state index in [1.165, 1.54) is 0 Å². The lowest BCUT2D eigenvalue weighted by Crippen LogP contribution is -2.50. The zero-order valence-corrected chi connectivity index (χ0v) is 13.0. The van der Waals surface area contributed by atoms with Gasteiger partial charge < -0.3 is 15.0 Å². The Labute approximate surface area is 127 Å². The quantitative estimate of drug-likeness (QED) is 0.679. The minimum atomic E-state index is -0.736. The van der Waals surface area contributed by atoms with Crippen LogP contribution in [0.1, 0.15) is 31.6 Å². The van der Waals surface area contributed by atoms with Crippen molar-refractivity contribution in [3.8, 4) is 0 Å². The number of fused-ring (bicyclic) bond motifs is 1. The molecule has 0 bridgehead atoms. The molecule has 1 saturated heterocycles. The third kappa shape index (κ3) is 2.64. The van der Waals surface area contributed by atoms with Crippen molar-refractivity contribution in [2.24, 2.45) is 0 Å². The van der Waals surface area contributed by atoms with Gasteiger partial charge in [-0.05, 0) is 6.92 Å². The molecule has 114 valence electrons. The van der Waals surface area contributed by atoms with Crippen LogP contribution in [0.5, 0.6) is 0 Å². The van der Waals surface area contributed by atoms with Gasteiger partial charge in [0.15, 0.2) is 11.5 Å². The molecule has 2 aromatic heterocycles. The second-order valence-corrected chi connectivity index (χ2v) is 6.47. The van der Waals surface area contributed by atoms with Gasteiger partial charge in [0.05, 0.1) is 19.2 Å². The molecule has 3 heterocycles. The number of aliphatic hydroxyl groups is 1. The minimum absolute atomic E-state index is 0.357. The Morgan fingerprint density at radius 1 is 1.43 bits per heavy atom. The Morgan fingerprint density at radius 2 is 2.14 bits per heavy atom. The van der Waals surface area contributed by atoms with Crippen molar-refractivity contribution in [1.82, 2.24) is 24.2 Å². The number of aryl methyl sites for hydroxylation is 1. The fourth-order valence-corrected chi connectivity index (χ4v) is 3.49. The lowest BCUT2D eigenvalue weighted by molar-refractivity contribution is 0.189. The molecule has 1 aliphatic rings. The molecular weight excluding hydrogens is 290 g/mol. The molecule has 0 saturated carbocycles. The van der Waals surface area contributed by atoms with E-state index in [2.05, 4.69) is 15.1 Å². The summed E-state index contributed by atoms with van der Waals surface area (Å²) in [7, 11) is 0. The fourth-order valence-electron chi connectivity index (χ4n) is 2.43. The molecule has 7 nitrogen and oxygen atoms in total. The number of aliphatic hydroxyl groups excluding tert-OH is 1. The molecule has 0 radical (unpaired) electrons. The van der Waals surface area contributed by atoms with E-state index in [1.807, 2.05) is 6.92 Å². The van der Waals surface area contributed by atoms with Crippen molar-refractivity contribution in [2.45, 2.75) is 26.4 Å². The molecule has 0 aliphatic carbocycles. The molecule has 8 heteroatoms. The lowest BCUT2D eigenvalue weighted by atomic mass is 10.3. The maximum absolute atomic E-state index is 12.9. The maximum atomic E-state index is 12.9. The van der Waals surface area contributed by atoms with Crippen LogP contribution in [-0.4, -0.2) is 49.3 Å². The van der Waals surface area contributed by atoms with E-state index in [4.69, 9.17) is 0 Å². The van der Waals surface area contributed by atoms with Crippen LogP contribution >= 0.6 is 11.8 Å². The first kappa shape index (κ1) is 14.7. The van der Waals surface area contributed by atoms with Crippen molar-refractivity contribution in [3.05, 3.63) is 22.9 Å². The first-order chi connectivity index (χ1) is 10.0. The van der Waals surface area contributed by atoms with Gasteiger partial charge in [0.1, 0.15) is 11.9 Å². The maximum Gasteiger partial charge on any atom is 0.233 e. The van der Waals surface area contributed by atoms with E-state index in [0.717, 1.165) is 11.5 Å². The van der Waals surface area contributed by atoms with Gasteiger partial charge in [0.25, 0.3) is 0 Å². The third-order valence-corrected chi connectivity index (χ3v) is 4.64. The molecule has 1 fully saturated rings. The van der Waals surface area contributed by atoms with Gasteiger partial charge in [-0.15, -0.1) is 5.10 Å². The number of hydrogen-bond acceptors (Lipinski definition) is 6. The Balaban J connectivity index is 2.12. The van der Waals surface area contributed by atoms with E-state index in [1.54, 1.807) is 29.3 Å². The molecule has 1 N–H and O–H groups in total. The number of rotatable bonds is 3. The molecule has 1 unspecified atom stereocenters. The zero-order valence-electron chi connectivity index (χ0n) is 12.2. The fraction of sp³-hybridized carbons (Fsp3) is 0.615. The normalized spacial score (nSPS) is 19.8. The largest absolute Gasteiger partial charge is 0.626 e. The van der Waals surface area contributed by atoms with Crippen molar-refractivity contribution < 1.29 is 5.11 Å². The molecular formula is C13H19N5O2S. The number of thioether (sulfide) groups is 1. The molecule has 1 aliphatic heterocycles. The van der Waals surface area contributed by atoms with Crippen molar-refractivity contribution in [3.63, 3.8) is 0 Å². The first-order valence-corrected chi connectivity index (χ1v) is 8.30. The van der Waals surface area contributed by atoms with Crippen LogP contribution in [-0.2, 0) is 6.42 Å². The van der Waals surface area contributed by atoms with E-state index >= 15 is 0 Å². The topological polar surface area (TPSA) is 86.4 Å². The van der Waals surface area contributed by atoms with Crippen LogP contribution in [0.25, 0.3) is 5.65 Å². The Bertz CT molecular complexity index is 651. The van der Waals surface area contributed by atoms with E-state index in [0.29, 0.717) is 42.6 Å². The summed E-state index contributed by atoms with van der Waals surface area (Å²) in [5.41, 5.74) is 0.583. The molecule has 0 amide bonds. The molecule has 1 atom stereocenters. The highest BCUT2D eigenvalue weighted by Crippen LogP contribution is 2.26. The monoisotopic (exact) mass is 309 g/mol. The van der Waals surface area contributed by atoms with E-state index < -0.39 is 10.8 Å². The van der Waals surface area contributed by atoms with Crippen LogP contribution in [0.15, 0.2) is 6.07 Å². The second-order valence-electron chi connectivity index (χ2n) is 5.25. The van der Waals surface area contributed by atoms with E-state index in [-0.39, 0.29) is 0 Å². The van der Waals surface area contributed by atoms with Crippen LogP contribution in [0.3, 0.4) is 0 Å². The van der Waals surface area contributed by atoms with Gasteiger partial charge in [-0.25, -0.2) is 4.98 Å². The van der Waals surface area contributed by atoms with Crippen LogP contribution in [0.2, 0.25) is 0 Å². The summed E-state index contributed by atoms with van der Waals surface area (Å²) < 4.78 is 1.23. The van der Waals surface area contributed by atoms with Crippen LogP contribution in [0, 0.1) is 5.21 Å². The number of aromatic nitrogens is 4. The van der Waals surface area contributed by atoms with Crippen LogP contribution in [0.4, 0.5) is 5.82 Å². The minimum Gasteiger partial charge on any atom is -0.626 e. The summed E-state index contributed by atoms with van der Waals surface area (Å²) in [4.78, 5) is 8.83. The highest BCUT2D eigenvalue weighted by Gasteiger charge is 2.27. The molecule has 21 heavy (non-hydrogen) atoms. The summed E-state index contributed by atoms with van der Waals surface area (Å²) in [6, 6.07) is 1.71.